The van der Waals surface area contributed by atoms with Crippen molar-refractivity contribution in [3.63, 3.8) is 0 Å². The molecule has 0 bridgehead atoms. The Morgan fingerprint density at radius 1 is 1.16 bits per heavy atom. The number of fused-ring (bicyclic) bond motifs is 1. The number of aryl methyl sites for hydroxylation is 2. The molecule has 1 aliphatic rings. The molecule has 4 heteroatoms. The highest BCUT2D eigenvalue weighted by Gasteiger charge is 2.17. The third-order valence-corrected chi connectivity index (χ3v) is 3.51. The lowest BCUT2D eigenvalue weighted by Gasteiger charge is -2.07. The standard InChI is InChI=1S/C15H14O4/c16-12-6-5-10(7-11(12)15(17)18)14-8-9-3-1-2-4-13(9)19-14/h5-8,16H,1-4H2,(H,17,18). The Morgan fingerprint density at radius 3 is 2.68 bits per heavy atom. The number of furan rings is 1. The molecule has 1 aromatic carbocycles. The molecule has 0 radical (unpaired) electrons. The fourth-order valence-electron chi connectivity index (χ4n) is 2.49. The van der Waals surface area contributed by atoms with Gasteiger partial charge in [-0.05, 0) is 49.1 Å². The minimum atomic E-state index is -1.14. The van der Waals surface area contributed by atoms with E-state index in [4.69, 9.17) is 9.52 Å². The van der Waals surface area contributed by atoms with Gasteiger partial charge in [-0.3, -0.25) is 0 Å². The van der Waals surface area contributed by atoms with Gasteiger partial charge < -0.3 is 14.6 Å². The Labute approximate surface area is 110 Å². The molecule has 1 heterocycles. The van der Waals surface area contributed by atoms with Gasteiger partial charge in [0.25, 0.3) is 0 Å². The predicted molar refractivity (Wildman–Crippen MR) is 69.4 cm³/mol. The molecule has 4 nitrogen and oxygen atoms in total. The fraction of sp³-hybridized carbons (Fsp3) is 0.267. The topological polar surface area (TPSA) is 70.7 Å². The Bertz CT molecular complexity index is 616. The van der Waals surface area contributed by atoms with Crippen LogP contribution in [0.25, 0.3) is 11.3 Å². The van der Waals surface area contributed by atoms with Crippen LogP contribution in [-0.4, -0.2) is 16.2 Å². The number of phenols is 1. The van der Waals surface area contributed by atoms with Crippen molar-refractivity contribution in [2.75, 3.05) is 0 Å². The van der Waals surface area contributed by atoms with Crippen molar-refractivity contribution in [1.82, 2.24) is 0 Å². The maximum atomic E-state index is 11.0. The second kappa shape index (κ2) is 4.46. The quantitative estimate of drug-likeness (QED) is 0.867. The molecule has 1 aromatic heterocycles. The highest BCUT2D eigenvalue weighted by atomic mass is 16.4. The van der Waals surface area contributed by atoms with E-state index < -0.39 is 5.97 Å². The van der Waals surface area contributed by atoms with Gasteiger partial charge in [-0.2, -0.15) is 0 Å². The van der Waals surface area contributed by atoms with Crippen molar-refractivity contribution in [1.29, 1.82) is 0 Å². The maximum absolute atomic E-state index is 11.0. The number of benzene rings is 1. The van der Waals surface area contributed by atoms with E-state index in [0.29, 0.717) is 11.3 Å². The molecular formula is C15H14O4. The molecule has 0 atom stereocenters. The van der Waals surface area contributed by atoms with Gasteiger partial charge in [-0.25, -0.2) is 4.79 Å². The van der Waals surface area contributed by atoms with Crippen LogP contribution in [0.4, 0.5) is 0 Å². The lowest BCUT2D eigenvalue weighted by Crippen LogP contribution is -1.97. The minimum absolute atomic E-state index is 0.105. The van der Waals surface area contributed by atoms with Crippen LogP contribution in [0.5, 0.6) is 5.75 Å². The van der Waals surface area contributed by atoms with Crippen molar-refractivity contribution in [3.8, 4) is 17.1 Å². The minimum Gasteiger partial charge on any atom is -0.507 e. The summed E-state index contributed by atoms with van der Waals surface area (Å²) >= 11 is 0. The molecule has 19 heavy (non-hydrogen) atoms. The zero-order valence-electron chi connectivity index (χ0n) is 10.3. The molecule has 2 aromatic rings. The largest absolute Gasteiger partial charge is 0.507 e. The van der Waals surface area contributed by atoms with Gasteiger partial charge in [0.15, 0.2) is 0 Å². The average molecular weight is 258 g/mol. The van der Waals surface area contributed by atoms with Gasteiger partial charge >= 0.3 is 5.97 Å². The highest BCUT2D eigenvalue weighted by molar-refractivity contribution is 5.92. The molecule has 0 aliphatic heterocycles. The lowest BCUT2D eigenvalue weighted by molar-refractivity contribution is 0.0694. The van der Waals surface area contributed by atoms with Crippen LogP contribution in [0.3, 0.4) is 0 Å². The van der Waals surface area contributed by atoms with Gasteiger partial charge in [-0.15, -0.1) is 0 Å². The second-order valence-electron chi connectivity index (χ2n) is 4.80. The number of hydrogen-bond donors (Lipinski definition) is 2. The van der Waals surface area contributed by atoms with Crippen LogP contribution < -0.4 is 0 Å². The van der Waals surface area contributed by atoms with Crippen molar-refractivity contribution < 1.29 is 19.4 Å². The first-order chi connectivity index (χ1) is 9.15. The first-order valence-electron chi connectivity index (χ1n) is 6.33. The highest BCUT2D eigenvalue weighted by Crippen LogP contribution is 2.32. The van der Waals surface area contributed by atoms with E-state index in [9.17, 15) is 9.90 Å². The molecule has 0 saturated heterocycles. The number of aromatic hydroxyl groups is 1. The summed E-state index contributed by atoms with van der Waals surface area (Å²) < 4.78 is 5.79. The van der Waals surface area contributed by atoms with Gasteiger partial charge in [0.05, 0.1) is 0 Å². The van der Waals surface area contributed by atoms with Crippen LogP contribution in [-0.2, 0) is 12.8 Å². The van der Waals surface area contributed by atoms with Gasteiger partial charge in [0, 0.05) is 12.0 Å². The first kappa shape index (κ1) is 11.8. The van der Waals surface area contributed by atoms with Gasteiger partial charge in [0.1, 0.15) is 22.8 Å². The Kier molecular flexibility index (Phi) is 2.78. The summed E-state index contributed by atoms with van der Waals surface area (Å²) in [6, 6.07) is 6.49. The molecule has 0 unspecified atom stereocenters. The molecule has 0 amide bonds. The molecule has 98 valence electrons. The maximum Gasteiger partial charge on any atom is 0.339 e. The van der Waals surface area contributed by atoms with Crippen molar-refractivity contribution in [2.24, 2.45) is 0 Å². The van der Waals surface area contributed by atoms with Gasteiger partial charge in [0.2, 0.25) is 0 Å². The number of aromatic carboxylic acids is 1. The number of carbonyl (C=O) groups is 1. The van der Waals surface area contributed by atoms with Crippen molar-refractivity contribution in [2.45, 2.75) is 25.7 Å². The SMILES string of the molecule is O=C(O)c1cc(-c2cc3c(o2)CCCC3)ccc1O. The molecule has 0 saturated carbocycles. The van der Waals surface area contributed by atoms with Gasteiger partial charge in [-0.1, -0.05) is 0 Å². The summed E-state index contributed by atoms with van der Waals surface area (Å²) in [6.45, 7) is 0. The summed E-state index contributed by atoms with van der Waals surface area (Å²) in [5.74, 6) is 0.309. The van der Waals surface area contributed by atoms with E-state index >= 15 is 0 Å². The summed E-state index contributed by atoms with van der Waals surface area (Å²) in [4.78, 5) is 11.0. The van der Waals surface area contributed by atoms with Crippen LogP contribution >= 0.6 is 0 Å². The van der Waals surface area contributed by atoms with Crippen LogP contribution in [0.1, 0.15) is 34.5 Å². The van der Waals surface area contributed by atoms with Crippen LogP contribution in [0.2, 0.25) is 0 Å². The van der Waals surface area contributed by atoms with E-state index in [1.54, 1.807) is 6.07 Å². The predicted octanol–water partition coefficient (Wildman–Crippen LogP) is 3.23. The van der Waals surface area contributed by atoms with Crippen LogP contribution in [0.15, 0.2) is 28.7 Å². The molecule has 2 N–H and O–H groups in total. The summed E-state index contributed by atoms with van der Waals surface area (Å²) in [6.07, 6.45) is 4.26. The smallest absolute Gasteiger partial charge is 0.339 e. The number of carboxylic acid groups (broad SMARTS) is 1. The lowest BCUT2D eigenvalue weighted by atomic mass is 9.98. The zero-order valence-corrected chi connectivity index (χ0v) is 10.3. The second-order valence-corrected chi connectivity index (χ2v) is 4.80. The molecular weight excluding hydrogens is 244 g/mol. The summed E-state index contributed by atoms with van der Waals surface area (Å²) in [7, 11) is 0. The summed E-state index contributed by atoms with van der Waals surface area (Å²) in [5.41, 5.74) is 1.79. The number of rotatable bonds is 2. The zero-order chi connectivity index (χ0) is 13.4. The first-order valence-corrected chi connectivity index (χ1v) is 6.33. The third kappa shape index (κ3) is 2.10. The Morgan fingerprint density at radius 2 is 1.95 bits per heavy atom. The van der Waals surface area contributed by atoms with E-state index in [-0.39, 0.29) is 11.3 Å². The number of hydrogen-bond acceptors (Lipinski definition) is 3. The third-order valence-electron chi connectivity index (χ3n) is 3.51. The Hall–Kier alpha value is -2.23. The van der Waals surface area contributed by atoms with Crippen molar-refractivity contribution in [3.05, 3.63) is 41.2 Å². The van der Waals surface area contributed by atoms with E-state index in [2.05, 4.69) is 0 Å². The normalized spacial score (nSPS) is 14.1. The Balaban J connectivity index is 2.04. The van der Waals surface area contributed by atoms with E-state index in [1.807, 2.05) is 6.07 Å². The molecule has 1 aliphatic carbocycles. The van der Waals surface area contributed by atoms with E-state index in [0.717, 1.165) is 25.0 Å². The number of carboxylic acids is 1. The van der Waals surface area contributed by atoms with E-state index in [1.165, 1.54) is 24.1 Å². The average Bonchev–Trinajstić information content (AvgIpc) is 2.82. The summed E-state index contributed by atoms with van der Waals surface area (Å²) in [5, 5.41) is 18.5. The van der Waals surface area contributed by atoms with Crippen LogP contribution in [0, 0.1) is 0 Å². The molecule has 0 fully saturated rings. The van der Waals surface area contributed by atoms with Crippen molar-refractivity contribution >= 4 is 5.97 Å². The monoisotopic (exact) mass is 258 g/mol. The molecule has 3 rings (SSSR count). The fourth-order valence-corrected chi connectivity index (χ4v) is 2.49. The molecule has 0 spiro atoms.